The van der Waals surface area contributed by atoms with Gasteiger partial charge in [0.25, 0.3) is 0 Å². The second-order valence-corrected chi connectivity index (χ2v) is 9.76. The first-order chi connectivity index (χ1) is 15.5. The van der Waals surface area contributed by atoms with E-state index in [0.717, 1.165) is 35.2 Å². The summed E-state index contributed by atoms with van der Waals surface area (Å²) in [5, 5.41) is 10.00. The highest BCUT2D eigenvalue weighted by molar-refractivity contribution is 7.99. The molecular weight excluding hydrogens is 425 g/mol. The van der Waals surface area contributed by atoms with Gasteiger partial charge in [-0.2, -0.15) is 0 Å². The molecular formula is C25H26FN3O2S. The summed E-state index contributed by atoms with van der Waals surface area (Å²) >= 11 is 1.45. The number of carbonyl (C=O) groups is 2. The molecule has 0 saturated carbocycles. The number of amides is 1. The van der Waals surface area contributed by atoms with Crippen LogP contribution in [-0.4, -0.2) is 23.4 Å². The van der Waals surface area contributed by atoms with Gasteiger partial charge < -0.3 is 10.6 Å². The number of ketones is 1. The summed E-state index contributed by atoms with van der Waals surface area (Å²) in [5.74, 6) is -0.492. The lowest BCUT2D eigenvalue weighted by Crippen LogP contribution is -2.67. The number of fused-ring (bicyclic) bond motifs is 1. The number of nitrogens with one attached hydrogen (secondary N) is 3. The predicted octanol–water partition coefficient (Wildman–Crippen LogP) is 3.71. The fraction of sp³-hybridized carbons (Fsp3) is 0.360. The van der Waals surface area contributed by atoms with Crippen molar-refractivity contribution in [3.8, 4) is 0 Å². The average Bonchev–Trinajstić information content (AvgIpc) is 2.78. The van der Waals surface area contributed by atoms with Crippen molar-refractivity contribution in [1.82, 2.24) is 16.0 Å². The van der Waals surface area contributed by atoms with Crippen molar-refractivity contribution in [2.45, 2.75) is 49.5 Å². The number of thioether (sulfide) groups is 1. The SMILES string of the molecule is Cc1ccc(C2C3=C(CCCC3=O)NC3NC(SCc4ccccc4F)NC(=O)C32)cc1. The van der Waals surface area contributed by atoms with Gasteiger partial charge in [-0.25, -0.2) is 4.39 Å². The Kier molecular flexibility index (Phi) is 5.78. The zero-order chi connectivity index (χ0) is 22.2. The van der Waals surface area contributed by atoms with E-state index >= 15 is 0 Å². The zero-order valence-corrected chi connectivity index (χ0v) is 18.7. The van der Waals surface area contributed by atoms with Crippen LogP contribution in [0.5, 0.6) is 0 Å². The summed E-state index contributed by atoms with van der Waals surface area (Å²) in [4.78, 5) is 26.3. The van der Waals surface area contributed by atoms with Crippen LogP contribution >= 0.6 is 11.8 Å². The van der Waals surface area contributed by atoms with Crippen molar-refractivity contribution in [2.75, 3.05) is 0 Å². The van der Waals surface area contributed by atoms with Crippen LogP contribution in [-0.2, 0) is 15.3 Å². The van der Waals surface area contributed by atoms with Gasteiger partial charge in [0.05, 0.1) is 12.1 Å². The lowest BCUT2D eigenvalue weighted by atomic mass is 9.70. The third kappa shape index (κ3) is 3.95. The number of hydrogen-bond donors (Lipinski definition) is 3. The highest BCUT2D eigenvalue weighted by atomic mass is 32.2. The van der Waals surface area contributed by atoms with Crippen LogP contribution in [0.4, 0.5) is 4.39 Å². The Balaban J connectivity index is 1.42. The molecule has 1 fully saturated rings. The lowest BCUT2D eigenvalue weighted by Gasteiger charge is -2.47. The normalized spacial score (nSPS) is 27.3. The van der Waals surface area contributed by atoms with Gasteiger partial charge in [0.15, 0.2) is 5.78 Å². The summed E-state index contributed by atoms with van der Waals surface area (Å²) in [7, 11) is 0. The Morgan fingerprint density at radius 2 is 1.81 bits per heavy atom. The summed E-state index contributed by atoms with van der Waals surface area (Å²) in [6, 6.07) is 14.8. The van der Waals surface area contributed by atoms with Gasteiger partial charge in [-0.1, -0.05) is 48.0 Å². The molecule has 0 spiro atoms. The summed E-state index contributed by atoms with van der Waals surface area (Å²) < 4.78 is 14.0. The molecule has 3 aliphatic rings. The first kappa shape index (κ1) is 21.2. The van der Waals surface area contributed by atoms with Crippen LogP contribution in [0.25, 0.3) is 0 Å². The Hall–Kier alpha value is -2.64. The minimum atomic E-state index is -0.441. The average molecular weight is 452 g/mol. The van der Waals surface area contributed by atoms with E-state index < -0.39 is 5.92 Å². The van der Waals surface area contributed by atoms with Crippen LogP contribution in [0.1, 0.15) is 41.9 Å². The first-order valence-electron chi connectivity index (χ1n) is 11.0. The smallest absolute Gasteiger partial charge is 0.229 e. The second-order valence-electron chi connectivity index (χ2n) is 8.66. The van der Waals surface area contributed by atoms with Crippen molar-refractivity contribution in [1.29, 1.82) is 0 Å². The van der Waals surface area contributed by atoms with E-state index in [1.165, 1.54) is 17.8 Å². The van der Waals surface area contributed by atoms with Gasteiger partial charge in [0.2, 0.25) is 5.91 Å². The largest absolute Gasteiger partial charge is 0.372 e. The molecule has 1 amide bonds. The third-order valence-corrected chi connectivity index (χ3v) is 7.59. The van der Waals surface area contributed by atoms with Crippen LogP contribution in [0, 0.1) is 18.7 Å². The molecule has 2 aliphatic heterocycles. The number of rotatable bonds is 4. The molecule has 1 aliphatic carbocycles. The molecule has 3 N–H and O–H groups in total. The molecule has 5 nitrogen and oxygen atoms in total. The highest BCUT2D eigenvalue weighted by Crippen LogP contribution is 2.43. The lowest BCUT2D eigenvalue weighted by molar-refractivity contribution is -0.130. The van der Waals surface area contributed by atoms with Crippen molar-refractivity contribution in [3.63, 3.8) is 0 Å². The van der Waals surface area contributed by atoms with Crippen molar-refractivity contribution < 1.29 is 14.0 Å². The fourth-order valence-corrected chi connectivity index (χ4v) is 5.95. The fourth-order valence-electron chi connectivity index (χ4n) is 4.93. The molecule has 4 unspecified atom stereocenters. The van der Waals surface area contributed by atoms with E-state index in [1.807, 2.05) is 37.3 Å². The Labute approximate surface area is 191 Å². The summed E-state index contributed by atoms with van der Waals surface area (Å²) in [6.07, 6.45) is 1.86. The van der Waals surface area contributed by atoms with Crippen LogP contribution in [0.3, 0.4) is 0 Å². The van der Waals surface area contributed by atoms with Crippen LogP contribution < -0.4 is 16.0 Å². The maximum atomic E-state index is 14.0. The zero-order valence-electron chi connectivity index (χ0n) is 17.9. The van der Waals surface area contributed by atoms with E-state index in [1.54, 1.807) is 12.1 Å². The first-order valence-corrected chi connectivity index (χ1v) is 12.1. The van der Waals surface area contributed by atoms with Gasteiger partial charge in [-0.3, -0.25) is 14.9 Å². The van der Waals surface area contributed by atoms with Crippen LogP contribution in [0.2, 0.25) is 0 Å². The molecule has 2 aromatic carbocycles. The topological polar surface area (TPSA) is 70.2 Å². The van der Waals surface area contributed by atoms with Crippen molar-refractivity contribution in [3.05, 3.63) is 82.3 Å². The Morgan fingerprint density at radius 1 is 1.03 bits per heavy atom. The van der Waals surface area contributed by atoms with Crippen molar-refractivity contribution in [2.24, 2.45) is 5.92 Å². The number of allylic oxidation sites excluding steroid dienone is 2. The van der Waals surface area contributed by atoms with Gasteiger partial charge in [0.1, 0.15) is 11.3 Å². The third-order valence-electron chi connectivity index (χ3n) is 6.52. The molecule has 0 aromatic heterocycles. The number of hydrogen-bond acceptors (Lipinski definition) is 5. The minimum Gasteiger partial charge on any atom is -0.372 e. The molecule has 5 rings (SSSR count). The molecule has 32 heavy (non-hydrogen) atoms. The van der Waals surface area contributed by atoms with Gasteiger partial charge in [-0.05, 0) is 37.0 Å². The number of benzene rings is 2. The number of carbonyl (C=O) groups excluding carboxylic acids is 2. The quantitative estimate of drug-likeness (QED) is 0.661. The van der Waals surface area contributed by atoms with Gasteiger partial charge in [-0.15, -0.1) is 11.8 Å². The van der Waals surface area contributed by atoms with E-state index in [0.29, 0.717) is 17.7 Å². The van der Waals surface area contributed by atoms with E-state index in [4.69, 9.17) is 0 Å². The van der Waals surface area contributed by atoms with E-state index in [9.17, 15) is 14.0 Å². The monoisotopic (exact) mass is 451 g/mol. The van der Waals surface area contributed by atoms with E-state index in [2.05, 4.69) is 16.0 Å². The summed E-state index contributed by atoms with van der Waals surface area (Å²) in [5.41, 5.74) is 4.09. The number of Topliss-reactive ketones (excluding diaryl/α,β-unsaturated/α-hetero) is 1. The number of aryl methyl sites for hydroxylation is 1. The molecule has 1 saturated heterocycles. The van der Waals surface area contributed by atoms with Gasteiger partial charge in [0, 0.05) is 29.4 Å². The van der Waals surface area contributed by atoms with E-state index in [-0.39, 0.29) is 35.1 Å². The van der Waals surface area contributed by atoms with Gasteiger partial charge >= 0.3 is 0 Å². The molecule has 4 atom stereocenters. The maximum Gasteiger partial charge on any atom is 0.229 e. The molecule has 0 bridgehead atoms. The van der Waals surface area contributed by atoms with Crippen LogP contribution in [0.15, 0.2) is 59.8 Å². The Morgan fingerprint density at radius 3 is 2.59 bits per heavy atom. The highest BCUT2D eigenvalue weighted by Gasteiger charge is 2.49. The Bertz CT molecular complexity index is 1080. The molecule has 7 heteroatoms. The summed E-state index contributed by atoms with van der Waals surface area (Å²) in [6.45, 7) is 2.03. The predicted molar refractivity (Wildman–Crippen MR) is 123 cm³/mol. The minimum absolute atomic E-state index is 0.0946. The molecule has 0 radical (unpaired) electrons. The molecule has 166 valence electrons. The molecule has 2 heterocycles. The number of halogens is 1. The molecule has 2 aromatic rings. The maximum absolute atomic E-state index is 14.0. The standard InChI is InChI=1S/C25H26FN3O2S/c1-14-9-11-15(12-10-14)20-21-18(7-4-8-19(21)30)27-23-22(20)24(31)29-25(28-23)32-13-16-5-2-3-6-17(16)26/h2-3,5-6,9-12,20,22-23,25,27-28H,4,7-8,13H2,1H3,(H,29,31). The van der Waals surface area contributed by atoms with Crippen molar-refractivity contribution >= 4 is 23.5 Å². The second kappa shape index (κ2) is 8.71.